The fraction of sp³-hybridized carbons (Fsp3) is 0.267. The van der Waals surface area contributed by atoms with Crippen LogP contribution >= 0.6 is 0 Å². The molecule has 1 aromatic carbocycles. The molecule has 5 heteroatoms. The van der Waals surface area contributed by atoms with Gasteiger partial charge in [0.05, 0.1) is 5.52 Å². The third-order valence-corrected chi connectivity index (χ3v) is 3.60. The second kappa shape index (κ2) is 4.92. The minimum absolute atomic E-state index is 0.0270. The molecular formula is C15H15N3O2. The fourth-order valence-corrected chi connectivity index (χ4v) is 2.41. The van der Waals surface area contributed by atoms with E-state index in [4.69, 9.17) is 0 Å². The van der Waals surface area contributed by atoms with Crippen LogP contribution in [0.4, 0.5) is 0 Å². The summed E-state index contributed by atoms with van der Waals surface area (Å²) in [7, 11) is 1.75. The molecular weight excluding hydrogens is 254 g/mol. The zero-order valence-electron chi connectivity index (χ0n) is 11.2. The summed E-state index contributed by atoms with van der Waals surface area (Å²) >= 11 is 0. The third-order valence-electron chi connectivity index (χ3n) is 3.60. The summed E-state index contributed by atoms with van der Waals surface area (Å²) in [6.07, 6.45) is 2.38. The molecule has 1 aromatic heterocycles. The topological polar surface area (TPSA) is 62.3 Å². The van der Waals surface area contributed by atoms with E-state index in [0.29, 0.717) is 18.5 Å². The minimum atomic E-state index is -0.405. The first-order valence-corrected chi connectivity index (χ1v) is 6.56. The van der Waals surface area contributed by atoms with E-state index in [1.165, 1.54) is 0 Å². The van der Waals surface area contributed by atoms with Crippen molar-refractivity contribution in [3.8, 4) is 0 Å². The van der Waals surface area contributed by atoms with Gasteiger partial charge in [-0.1, -0.05) is 6.07 Å². The lowest BCUT2D eigenvalue weighted by atomic mass is 10.1. The van der Waals surface area contributed by atoms with E-state index >= 15 is 0 Å². The van der Waals surface area contributed by atoms with Crippen molar-refractivity contribution < 1.29 is 9.59 Å². The quantitative estimate of drug-likeness (QED) is 0.891. The van der Waals surface area contributed by atoms with Crippen LogP contribution in [0, 0.1) is 0 Å². The van der Waals surface area contributed by atoms with Gasteiger partial charge in [0.2, 0.25) is 5.91 Å². The van der Waals surface area contributed by atoms with Gasteiger partial charge in [0.15, 0.2) is 0 Å². The molecule has 1 unspecified atom stereocenters. The summed E-state index contributed by atoms with van der Waals surface area (Å²) in [4.78, 5) is 29.8. The van der Waals surface area contributed by atoms with Gasteiger partial charge in [-0.05, 0) is 30.7 Å². The summed E-state index contributed by atoms with van der Waals surface area (Å²) in [5, 5.41) is 3.70. The summed E-state index contributed by atoms with van der Waals surface area (Å²) in [5.74, 6) is -0.245. The Bertz CT molecular complexity index is 684. The number of likely N-dealkylation sites (N-methyl/N-ethyl adjacent to an activating group) is 1. The lowest BCUT2D eigenvalue weighted by molar-refractivity contribution is -0.128. The largest absolute Gasteiger partial charge is 0.344 e. The summed E-state index contributed by atoms with van der Waals surface area (Å²) in [6.45, 7) is 0.686. The second-order valence-corrected chi connectivity index (χ2v) is 4.99. The van der Waals surface area contributed by atoms with E-state index in [2.05, 4.69) is 10.3 Å². The molecule has 1 atom stereocenters. The van der Waals surface area contributed by atoms with Gasteiger partial charge >= 0.3 is 0 Å². The van der Waals surface area contributed by atoms with Gasteiger partial charge in [0.1, 0.15) is 6.04 Å². The van der Waals surface area contributed by atoms with Crippen LogP contribution in [0.5, 0.6) is 0 Å². The number of benzene rings is 1. The maximum atomic E-state index is 12.2. The van der Waals surface area contributed by atoms with Crippen molar-refractivity contribution in [1.29, 1.82) is 0 Å². The number of aromatic nitrogens is 1. The van der Waals surface area contributed by atoms with Gasteiger partial charge in [-0.25, -0.2) is 0 Å². The van der Waals surface area contributed by atoms with Gasteiger partial charge in [-0.2, -0.15) is 0 Å². The van der Waals surface area contributed by atoms with Gasteiger partial charge < -0.3 is 10.2 Å². The normalized spacial score (nSPS) is 18.6. The molecule has 1 aliphatic heterocycles. The zero-order chi connectivity index (χ0) is 14.1. The van der Waals surface area contributed by atoms with Crippen LogP contribution in [-0.2, 0) is 4.79 Å². The minimum Gasteiger partial charge on any atom is -0.344 e. The van der Waals surface area contributed by atoms with Crippen molar-refractivity contribution in [1.82, 2.24) is 15.2 Å². The van der Waals surface area contributed by atoms with Crippen molar-refractivity contribution in [2.45, 2.75) is 12.5 Å². The van der Waals surface area contributed by atoms with Crippen LogP contribution in [0.1, 0.15) is 16.8 Å². The molecule has 1 fully saturated rings. The molecule has 1 aliphatic rings. The van der Waals surface area contributed by atoms with E-state index in [9.17, 15) is 9.59 Å². The Labute approximate surface area is 116 Å². The molecule has 5 nitrogen and oxygen atoms in total. The summed E-state index contributed by atoms with van der Waals surface area (Å²) in [5.41, 5.74) is 1.40. The Hall–Kier alpha value is -2.43. The molecule has 2 aromatic rings. The Balaban J connectivity index is 1.80. The molecule has 20 heavy (non-hydrogen) atoms. The molecule has 1 saturated heterocycles. The van der Waals surface area contributed by atoms with Crippen molar-refractivity contribution in [3.63, 3.8) is 0 Å². The Morgan fingerprint density at radius 2 is 2.25 bits per heavy atom. The number of amides is 2. The molecule has 0 radical (unpaired) electrons. The van der Waals surface area contributed by atoms with Crippen molar-refractivity contribution >= 4 is 22.7 Å². The number of likely N-dealkylation sites (tertiary alicyclic amines) is 1. The first-order chi connectivity index (χ1) is 9.65. The molecule has 3 rings (SSSR count). The molecule has 0 bridgehead atoms. The highest BCUT2D eigenvalue weighted by Crippen LogP contribution is 2.14. The first-order valence-electron chi connectivity index (χ1n) is 6.56. The predicted molar refractivity (Wildman–Crippen MR) is 75.3 cm³/mol. The Morgan fingerprint density at radius 3 is 3.00 bits per heavy atom. The zero-order valence-corrected chi connectivity index (χ0v) is 11.2. The number of fused-ring (bicyclic) bond motifs is 1. The van der Waals surface area contributed by atoms with E-state index in [-0.39, 0.29) is 11.8 Å². The average molecular weight is 269 g/mol. The van der Waals surface area contributed by atoms with Crippen LogP contribution in [0.3, 0.4) is 0 Å². The predicted octanol–water partition coefficient (Wildman–Crippen LogP) is 1.20. The average Bonchev–Trinajstić information content (AvgIpc) is 2.78. The van der Waals surface area contributed by atoms with Crippen molar-refractivity contribution in [2.75, 3.05) is 13.6 Å². The number of carbonyl (C=O) groups excluding carboxylic acids is 2. The SMILES string of the molecule is CN1CCC(NC(=O)c2ccc3ncccc3c2)C1=O. The van der Waals surface area contributed by atoms with Crippen molar-refractivity contribution in [2.24, 2.45) is 0 Å². The van der Waals surface area contributed by atoms with Gasteiger partial charge in [-0.3, -0.25) is 14.6 Å². The van der Waals surface area contributed by atoms with E-state index in [1.54, 1.807) is 30.3 Å². The van der Waals surface area contributed by atoms with Crippen LogP contribution in [0.15, 0.2) is 36.5 Å². The van der Waals surface area contributed by atoms with Crippen LogP contribution in [-0.4, -0.2) is 41.3 Å². The Kier molecular flexibility index (Phi) is 3.10. The highest BCUT2D eigenvalue weighted by Gasteiger charge is 2.30. The maximum Gasteiger partial charge on any atom is 0.251 e. The van der Waals surface area contributed by atoms with Crippen LogP contribution < -0.4 is 5.32 Å². The molecule has 0 saturated carbocycles. The standard InChI is InChI=1S/C15H15N3O2/c1-18-8-6-13(15(18)20)17-14(19)11-4-5-12-10(9-11)3-2-7-16-12/h2-5,7,9,13H,6,8H2,1H3,(H,17,19). The number of hydrogen-bond donors (Lipinski definition) is 1. The van der Waals surface area contributed by atoms with E-state index < -0.39 is 6.04 Å². The van der Waals surface area contributed by atoms with Gasteiger partial charge in [0, 0.05) is 30.7 Å². The Morgan fingerprint density at radius 1 is 1.40 bits per heavy atom. The smallest absolute Gasteiger partial charge is 0.251 e. The molecule has 0 aliphatic carbocycles. The first kappa shape index (κ1) is 12.6. The van der Waals surface area contributed by atoms with Gasteiger partial charge in [0.25, 0.3) is 5.91 Å². The molecule has 2 heterocycles. The molecule has 2 amide bonds. The monoisotopic (exact) mass is 269 g/mol. The number of pyridine rings is 1. The lowest BCUT2D eigenvalue weighted by Gasteiger charge is -2.12. The number of hydrogen-bond acceptors (Lipinski definition) is 3. The highest BCUT2D eigenvalue weighted by atomic mass is 16.2. The summed E-state index contributed by atoms with van der Waals surface area (Å²) in [6, 6.07) is 8.67. The number of rotatable bonds is 2. The number of nitrogens with one attached hydrogen (secondary N) is 1. The van der Waals surface area contributed by atoms with Crippen LogP contribution in [0.2, 0.25) is 0 Å². The molecule has 1 N–H and O–H groups in total. The molecule has 102 valence electrons. The molecule has 0 spiro atoms. The third kappa shape index (κ3) is 2.22. The van der Waals surface area contributed by atoms with Crippen molar-refractivity contribution in [3.05, 3.63) is 42.1 Å². The van der Waals surface area contributed by atoms with E-state index in [0.717, 1.165) is 10.9 Å². The highest BCUT2D eigenvalue weighted by molar-refractivity contribution is 6.00. The lowest BCUT2D eigenvalue weighted by Crippen LogP contribution is -2.40. The maximum absolute atomic E-state index is 12.2. The van der Waals surface area contributed by atoms with E-state index in [1.807, 2.05) is 18.2 Å². The van der Waals surface area contributed by atoms with Crippen LogP contribution in [0.25, 0.3) is 10.9 Å². The second-order valence-electron chi connectivity index (χ2n) is 4.99. The number of nitrogens with zero attached hydrogens (tertiary/aromatic N) is 2. The number of carbonyl (C=O) groups is 2. The van der Waals surface area contributed by atoms with Gasteiger partial charge in [-0.15, -0.1) is 0 Å². The summed E-state index contributed by atoms with van der Waals surface area (Å²) < 4.78 is 0. The fourth-order valence-electron chi connectivity index (χ4n) is 2.41.